The highest BCUT2D eigenvalue weighted by molar-refractivity contribution is 5.93. The second kappa shape index (κ2) is 4.36. The Hall–Kier alpha value is -2.57. The fraction of sp³-hybridized carbons (Fsp3) is 0.182. The van der Waals surface area contributed by atoms with Crippen molar-refractivity contribution in [2.75, 3.05) is 5.73 Å². The average molecular weight is 249 g/mol. The molecule has 0 aliphatic carbocycles. The Balaban J connectivity index is 2.54. The number of pyridine rings is 1. The molecule has 7 nitrogen and oxygen atoms in total. The molecule has 0 saturated carbocycles. The molecule has 94 valence electrons. The molecule has 2 rings (SSSR count). The van der Waals surface area contributed by atoms with Gasteiger partial charge in [0.15, 0.2) is 5.69 Å². The first kappa shape index (κ1) is 11.9. The molecule has 0 aromatic carbocycles. The maximum Gasteiger partial charge on any atom is 0.356 e. The molecular formula is C11H11N3O4. The van der Waals surface area contributed by atoms with E-state index >= 15 is 0 Å². The number of aromatic nitrogens is 2. The molecular weight excluding hydrogens is 238 g/mol. The Bertz CT molecular complexity index is 632. The molecule has 2 aromatic heterocycles. The zero-order chi connectivity index (χ0) is 13.3. The largest absolute Gasteiger partial charge is 0.481 e. The quantitative estimate of drug-likeness (QED) is 0.731. The molecule has 0 saturated heterocycles. The van der Waals surface area contributed by atoms with E-state index < -0.39 is 11.9 Å². The summed E-state index contributed by atoms with van der Waals surface area (Å²) in [5.74, 6) is -1.75. The van der Waals surface area contributed by atoms with Gasteiger partial charge in [-0.3, -0.25) is 4.79 Å². The van der Waals surface area contributed by atoms with Gasteiger partial charge in [0.2, 0.25) is 0 Å². The number of anilines is 1. The van der Waals surface area contributed by atoms with Crippen LogP contribution in [0.2, 0.25) is 0 Å². The zero-order valence-electron chi connectivity index (χ0n) is 9.33. The molecule has 18 heavy (non-hydrogen) atoms. The molecule has 0 radical (unpaired) electrons. The number of rotatable bonds is 4. The summed E-state index contributed by atoms with van der Waals surface area (Å²) in [6.45, 7) is 0. The number of aliphatic carboxylic acids is 1. The van der Waals surface area contributed by atoms with Crippen LogP contribution < -0.4 is 5.73 Å². The van der Waals surface area contributed by atoms with Gasteiger partial charge < -0.3 is 20.3 Å². The maximum absolute atomic E-state index is 11.0. The number of carbonyl (C=O) groups is 2. The van der Waals surface area contributed by atoms with Gasteiger partial charge >= 0.3 is 11.9 Å². The van der Waals surface area contributed by atoms with Gasteiger partial charge in [-0.15, -0.1) is 0 Å². The summed E-state index contributed by atoms with van der Waals surface area (Å²) in [5.41, 5.74) is 6.37. The van der Waals surface area contributed by atoms with Crippen LogP contribution in [0.1, 0.15) is 22.7 Å². The molecule has 7 heteroatoms. The number of nitrogens with zero attached hydrogens (tertiary/aromatic N) is 2. The second-order valence-electron chi connectivity index (χ2n) is 3.79. The molecule has 0 atom stereocenters. The van der Waals surface area contributed by atoms with E-state index in [2.05, 4.69) is 4.98 Å². The first-order valence-electron chi connectivity index (χ1n) is 5.20. The molecule has 0 aliphatic heterocycles. The van der Waals surface area contributed by atoms with Crippen molar-refractivity contribution >= 4 is 23.1 Å². The first-order chi connectivity index (χ1) is 8.49. The maximum atomic E-state index is 11.0. The highest BCUT2D eigenvalue weighted by atomic mass is 16.4. The number of aromatic carboxylic acids is 1. The molecule has 4 N–H and O–H groups in total. The summed E-state index contributed by atoms with van der Waals surface area (Å²) in [6.07, 6.45) is 1.56. The van der Waals surface area contributed by atoms with Crippen molar-refractivity contribution in [1.82, 2.24) is 9.38 Å². The Labute approximate surface area is 101 Å². The van der Waals surface area contributed by atoms with Gasteiger partial charge in [0.1, 0.15) is 5.82 Å². The highest BCUT2D eigenvalue weighted by Crippen LogP contribution is 2.17. The summed E-state index contributed by atoms with van der Waals surface area (Å²) < 4.78 is 1.52. The van der Waals surface area contributed by atoms with E-state index in [-0.39, 0.29) is 18.5 Å². The third kappa shape index (κ3) is 2.10. The van der Waals surface area contributed by atoms with E-state index in [1.807, 2.05) is 0 Å². The molecule has 0 spiro atoms. The normalized spacial score (nSPS) is 10.7. The second-order valence-corrected chi connectivity index (χ2v) is 3.79. The third-order valence-electron chi connectivity index (χ3n) is 2.50. The van der Waals surface area contributed by atoms with Crippen molar-refractivity contribution in [3.63, 3.8) is 0 Å². The smallest absolute Gasteiger partial charge is 0.356 e. The molecule has 2 aromatic rings. The number of carboxylic acid groups (broad SMARTS) is 2. The van der Waals surface area contributed by atoms with Gasteiger partial charge in [-0.05, 0) is 12.1 Å². The summed E-state index contributed by atoms with van der Waals surface area (Å²) in [7, 11) is 0. The number of carboxylic acids is 2. The SMILES string of the molecule is Nc1ccc2c(C(=O)O)nc(CCC(=O)O)n2c1. The predicted molar refractivity (Wildman–Crippen MR) is 62.5 cm³/mol. The Morgan fingerprint density at radius 2 is 2.06 bits per heavy atom. The minimum absolute atomic E-state index is 0.101. The van der Waals surface area contributed by atoms with Crippen LogP contribution in [0.3, 0.4) is 0 Å². The molecule has 0 unspecified atom stereocenters. The molecule has 0 fully saturated rings. The van der Waals surface area contributed by atoms with Crippen LogP contribution in [0.25, 0.3) is 5.52 Å². The van der Waals surface area contributed by atoms with Gasteiger partial charge in [-0.25, -0.2) is 9.78 Å². The lowest BCUT2D eigenvalue weighted by atomic mass is 10.3. The van der Waals surface area contributed by atoms with Crippen molar-refractivity contribution in [3.8, 4) is 0 Å². The van der Waals surface area contributed by atoms with Crippen LogP contribution in [0.15, 0.2) is 18.3 Å². The fourth-order valence-corrected chi connectivity index (χ4v) is 1.72. The van der Waals surface area contributed by atoms with Gasteiger partial charge in [-0.1, -0.05) is 0 Å². The number of hydrogen-bond acceptors (Lipinski definition) is 4. The van der Waals surface area contributed by atoms with Crippen LogP contribution >= 0.6 is 0 Å². The van der Waals surface area contributed by atoms with Crippen LogP contribution in [0.5, 0.6) is 0 Å². The van der Waals surface area contributed by atoms with E-state index in [4.69, 9.17) is 15.9 Å². The molecule has 0 bridgehead atoms. The van der Waals surface area contributed by atoms with E-state index in [9.17, 15) is 9.59 Å². The lowest BCUT2D eigenvalue weighted by molar-refractivity contribution is -0.137. The number of nitrogen functional groups attached to an aromatic ring is 1. The summed E-state index contributed by atoms with van der Waals surface area (Å²) in [6, 6.07) is 3.13. The fourth-order valence-electron chi connectivity index (χ4n) is 1.72. The summed E-state index contributed by atoms with van der Waals surface area (Å²) in [5, 5.41) is 17.7. The minimum Gasteiger partial charge on any atom is -0.481 e. The van der Waals surface area contributed by atoms with Crippen LogP contribution in [0, 0.1) is 0 Å². The lowest BCUT2D eigenvalue weighted by Gasteiger charge is -2.00. The van der Waals surface area contributed by atoms with Gasteiger partial charge in [-0.2, -0.15) is 0 Å². The highest BCUT2D eigenvalue weighted by Gasteiger charge is 2.17. The van der Waals surface area contributed by atoms with Crippen molar-refractivity contribution < 1.29 is 19.8 Å². The number of hydrogen-bond donors (Lipinski definition) is 3. The van der Waals surface area contributed by atoms with Crippen molar-refractivity contribution in [3.05, 3.63) is 29.8 Å². The Morgan fingerprint density at radius 3 is 2.67 bits per heavy atom. The van der Waals surface area contributed by atoms with Crippen LogP contribution in [0.4, 0.5) is 5.69 Å². The molecule has 0 amide bonds. The zero-order valence-corrected chi connectivity index (χ0v) is 9.33. The summed E-state index contributed by atoms with van der Waals surface area (Å²) in [4.78, 5) is 25.5. The number of aryl methyl sites for hydroxylation is 1. The standard InChI is InChI=1S/C11H11N3O4/c12-6-1-2-7-10(11(17)18)13-8(14(7)5-6)3-4-9(15)16/h1-2,5H,3-4,12H2,(H,15,16)(H,17,18). The average Bonchev–Trinajstić information content (AvgIpc) is 2.64. The first-order valence-corrected chi connectivity index (χ1v) is 5.20. The van der Waals surface area contributed by atoms with Crippen LogP contribution in [-0.2, 0) is 11.2 Å². The van der Waals surface area contributed by atoms with Gasteiger partial charge in [0, 0.05) is 18.3 Å². The number of nitrogens with two attached hydrogens (primary N) is 1. The van der Waals surface area contributed by atoms with E-state index in [1.54, 1.807) is 12.1 Å². The van der Waals surface area contributed by atoms with Crippen LogP contribution in [-0.4, -0.2) is 31.5 Å². The van der Waals surface area contributed by atoms with E-state index in [0.717, 1.165) is 0 Å². The van der Waals surface area contributed by atoms with E-state index in [1.165, 1.54) is 10.6 Å². The molecule has 0 aliphatic rings. The number of fused-ring (bicyclic) bond motifs is 1. The van der Waals surface area contributed by atoms with E-state index in [0.29, 0.717) is 17.0 Å². The van der Waals surface area contributed by atoms with Gasteiger partial charge in [0.25, 0.3) is 0 Å². The van der Waals surface area contributed by atoms with Crippen molar-refractivity contribution in [1.29, 1.82) is 0 Å². The topological polar surface area (TPSA) is 118 Å². The third-order valence-corrected chi connectivity index (χ3v) is 2.50. The van der Waals surface area contributed by atoms with Crippen molar-refractivity contribution in [2.24, 2.45) is 0 Å². The minimum atomic E-state index is -1.15. The van der Waals surface area contributed by atoms with Crippen molar-refractivity contribution in [2.45, 2.75) is 12.8 Å². The Morgan fingerprint density at radius 1 is 1.33 bits per heavy atom. The molecule has 2 heterocycles. The lowest BCUT2D eigenvalue weighted by Crippen LogP contribution is -2.02. The van der Waals surface area contributed by atoms with Gasteiger partial charge in [0.05, 0.1) is 11.9 Å². The predicted octanol–water partition coefficient (Wildman–Crippen LogP) is 0.632. The summed E-state index contributed by atoms with van der Waals surface area (Å²) >= 11 is 0. The Kier molecular flexibility index (Phi) is 2.88. The monoisotopic (exact) mass is 249 g/mol. The number of imidazole rings is 1.